The van der Waals surface area contributed by atoms with Crippen molar-refractivity contribution in [2.45, 2.75) is 63.8 Å². The lowest BCUT2D eigenvalue weighted by Gasteiger charge is -2.42. The van der Waals surface area contributed by atoms with E-state index in [9.17, 15) is 8.78 Å². The molecule has 27 heavy (non-hydrogen) atoms. The zero-order chi connectivity index (χ0) is 20.4. The predicted octanol–water partition coefficient (Wildman–Crippen LogP) is 6.88. The van der Waals surface area contributed by atoms with Crippen molar-refractivity contribution in [3.63, 3.8) is 0 Å². The highest BCUT2D eigenvalue weighted by Crippen LogP contribution is 2.45. The Kier molecular flexibility index (Phi) is 6.56. The molecule has 0 amide bonds. The fourth-order valence-electron chi connectivity index (χ4n) is 4.40. The normalized spacial score (nSPS) is 16.2. The van der Waals surface area contributed by atoms with Crippen LogP contribution >= 0.6 is 0 Å². The number of alkyl halides is 2. The molecule has 0 saturated carbocycles. The summed E-state index contributed by atoms with van der Waals surface area (Å²) in [6.45, 7) is 15.1. The lowest BCUT2D eigenvalue weighted by molar-refractivity contribution is 0.0520. The maximum atomic E-state index is 13.7. The summed E-state index contributed by atoms with van der Waals surface area (Å²) in [5.74, 6) is 1.16. The summed E-state index contributed by atoms with van der Waals surface area (Å²) in [5, 5.41) is 0. The van der Waals surface area contributed by atoms with Gasteiger partial charge in [0.05, 0.1) is 0 Å². The average molecular weight is 395 g/mol. The van der Waals surface area contributed by atoms with Gasteiger partial charge in [-0.3, -0.25) is 0 Å². The van der Waals surface area contributed by atoms with Crippen molar-refractivity contribution in [3.8, 4) is 11.5 Å². The van der Waals surface area contributed by atoms with E-state index in [-0.39, 0.29) is 0 Å². The van der Waals surface area contributed by atoms with Crippen molar-refractivity contribution in [1.29, 1.82) is 0 Å². The van der Waals surface area contributed by atoms with Gasteiger partial charge in [0.1, 0.15) is 24.8 Å². The van der Waals surface area contributed by atoms with Crippen molar-refractivity contribution in [2.75, 3.05) is 13.3 Å². The molecule has 0 spiro atoms. The van der Waals surface area contributed by atoms with Gasteiger partial charge in [-0.2, -0.15) is 0 Å². The van der Waals surface area contributed by atoms with Crippen LogP contribution < -0.4 is 9.16 Å². The second-order valence-electron chi connectivity index (χ2n) is 8.29. The smallest absolute Gasteiger partial charge is 0.258 e. The van der Waals surface area contributed by atoms with Gasteiger partial charge in [-0.1, -0.05) is 54.2 Å². The summed E-state index contributed by atoms with van der Waals surface area (Å²) in [6.07, 6.45) is 3.20. The maximum absolute atomic E-state index is 13.7. The second kappa shape index (κ2) is 8.17. The number of fused-ring (bicyclic) bond motifs is 1. The zero-order valence-corrected chi connectivity index (χ0v) is 18.3. The summed E-state index contributed by atoms with van der Waals surface area (Å²) in [5.41, 5.74) is 0.868. The number of benzene rings is 1. The highest BCUT2D eigenvalue weighted by atomic mass is 28.4. The molecule has 0 aliphatic carbocycles. The molecule has 1 aliphatic heterocycles. The van der Waals surface area contributed by atoms with Gasteiger partial charge in [0, 0.05) is 17.2 Å². The highest BCUT2D eigenvalue weighted by Gasteiger charge is 2.47. The lowest BCUT2D eigenvalue weighted by atomic mass is 9.91. The van der Waals surface area contributed by atoms with E-state index in [1.807, 2.05) is 12.1 Å². The van der Waals surface area contributed by atoms with Crippen LogP contribution in [0.1, 0.15) is 47.1 Å². The Bertz CT molecular complexity index is 684. The first-order valence-corrected chi connectivity index (χ1v) is 11.8. The van der Waals surface area contributed by atoms with Crippen LogP contribution in [0, 0.1) is 0 Å². The zero-order valence-electron chi connectivity index (χ0n) is 17.3. The minimum Gasteiger partial charge on any atom is -0.543 e. The lowest BCUT2D eigenvalue weighted by Crippen LogP contribution is -2.50. The first-order chi connectivity index (χ1) is 12.7. The molecular weight excluding hydrogens is 362 g/mol. The molecule has 1 aromatic rings. The fourth-order valence-corrected chi connectivity index (χ4v) is 9.64. The number of hydrogen-bond acceptors (Lipinski definition) is 2. The van der Waals surface area contributed by atoms with Crippen LogP contribution in [0.4, 0.5) is 8.78 Å². The maximum Gasteiger partial charge on any atom is 0.258 e. The van der Waals surface area contributed by atoms with Gasteiger partial charge in [0.2, 0.25) is 0 Å². The molecule has 150 valence electrons. The van der Waals surface area contributed by atoms with E-state index in [2.05, 4.69) is 48.1 Å². The molecule has 1 aromatic carbocycles. The quantitative estimate of drug-likeness (QED) is 0.447. The minimum absolute atomic E-state index is 0.420. The molecule has 2 rings (SSSR count). The van der Waals surface area contributed by atoms with Crippen molar-refractivity contribution < 1.29 is 17.9 Å². The first-order valence-electron chi connectivity index (χ1n) is 9.65. The first kappa shape index (κ1) is 21.7. The topological polar surface area (TPSA) is 18.5 Å². The predicted molar refractivity (Wildman–Crippen MR) is 112 cm³/mol. The Labute approximate surface area is 163 Å². The van der Waals surface area contributed by atoms with Crippen LogP contribution in [-0.4, -0.2) is 27.3 Å². The van der Waals surface area contributed by atoms with Crippen molar-refractivity contribution in [3.05, 3.63) is 42.0 Å². The molecule has 2 nitrogen and oxygen atoms in total. The van der Waals surface area contributed by atoms with Gasteiger partial charge < -0.3 is 9.16 Å². The third kappa shape index (κ3) is 3.71. The standard InChI is InChI=1S/C22H32F2O2Si/c1-8-19-11-18-9-10-20(12-21(18)25-22(19,13-23)14-24)26-27(15(2)3,16(4)5)17(6)7/h8-12,15-17H,1,13-14H2,2-7H3. The van der Waals surface area contributed by atoms with Gasteiger partial charge in [-0.05, 0) is 34.8 Å². The number of halogens is 2. The molecule has 1 heterocycles. The average Bonchev–Trinajstić information content (AvgIpc) is 2.63. The number of ether oxygens (including phenoxy) is 1. The van der Waals surface area contributed by atoms with E-state index in [0.29, 0.717) is 33.7 Å². The molecule has 0 bridgehead atoms. The van der Waals surface area contributed by atoms with Crippen LogP contribution in [0.15, 0.2) is 36.4 Å². The van der Waals surface area contributed by atoms with Gasteiger partial charge in [0.15, 0.2) is 5.60 Å². The third-order valence-electron chi connectivity index (χ3n) is 5.78. The van der Waals surface area contributed by atoms with E-state index >= 15 is 0 Å². The Morgan fingerprint density at radius 2 is 1.63 bits per heavy atom. The summed E-state index contributed by atoms with van der Waals surface area (Å²) in [6, 6.07) is 5.58. The van der Waals surface area contributed by atoms with Gasteiger partial charge >= 0.3 is 0 Å². The van der Waals surface area contributed by atoms with Crippen LogP contribution in [0.2, 0.25) is 16.6 Å². The Morgan fingerprint density at radius 3 is 2.07 bits per heavy atom. The fraction of sp³-hybridized carbons (Fsp3) is 0.545. The van der Waals surface area contributed by atoms with Gasteiger partial charge in [0.25, 0.3) is 8.32 Å². The largest absolute Gasteiger partial charge is 0.543 e. The van der Waals surface area contributed by atoms with Crippen LogP contribution in [-0.2, 0) is 0 Å². The van der Waals surface area contributed by atoms with Crippen molar-refractivity contribution >= 4 is 14.4 Å². The molecular formula is C22H32F2O2Si. The summed E-state index contributed by atoms with van der Waals surface area (Å²) < 4.78 is 39.8. The van der Waals surface area contributed by atoms with Gasteiger partial charge in [-0.15, -0.1) is 0 Å². The molecule has 0 aromatic heterocycles. The van der Waals surface area contributed by atoms with Gasteiger partial charge in [-0.25, -0.2) is 8.78 Å². The second-order valence-corrected chi connectivity index (χ2v) is 13.7. The minimum atomic E-state index is -2.12. The molecule has 5 heteroatoms. The van der Waals surface area contributed by atoms with Crippen LogP contribution in [0.25, 0.3) is 6.08 Å². The molecule has 0 fully saturated rings. The Balaban J connectivity index is 2.48. The number of hydrogen-bond donors (Lipinski definition) is 0. The van der Waals surface area contributed by atoms with Crippen LogP contribution in [0.5, 0.6) is 11.5 Å². The Morgan fingerprint density at radius 1 is 1.07 bits per heavy atom. The molecule has 0 atom stereocenters. The van der Waals surface area contributed by atoms with Crippen molar-refractivity contribution in [2.24, 2.45) is 0 Å². The van der Waals surface area contributed by atoms with E-state index in [0.717, 1.165) is 5.56 Å². The SMILES string of the molecule is C=CC1=Cc2ccc(O[Si](C(C)C)(C(C)C)C(C)C)cc2OC1(CF)CF. The molecule has 1 aliphatic rings. The van der Waals surface area contributed by atoms with E-state index < -0.39 is 27.3 Å². The molecule has 0 saturated heterocycles. The Hall–Kier alpha value is -1.62. The molecule has 0 N–H and O–H groups in total. The van der Waals surface area contributed by atoms with Crippen LogP contribution in [0.3, 0.4) is 0 Å². The summed E-state index contributed by atoms with van der Waals surface area (Å²) >= 11 is 0. The van der Waals surface area contributed by atoms with E-state index in [4.69, 9.17) is 9.16 Å². The summed E-state index contributed by atoms with van der Waals surface area (Å²) in [4.78, 5) is 0. The summed E-state index contributed by atoms with van der Waals surface area (Å²) in [7, 11) is -2.12. The van der Waals surface area contributed by atoms with E-state index in [1.165, 1.54) is 6.08 Å². The molecule has 0 radical (unpaired) electrons. The van der Waals surface area contributed by atoms with Crippen molar-refractivity contribution in [1.82, 2.24) is 0 Å². The molecule has 0 unspecified atom stereocenters. The van der Waals surface area contributed by atoms with E-state index in [1.54, 1.807) is 12.1 Å². The third-order valence-corrected chi connectivity index (χ3v) is 11.8. The number of rotatable bonds is 8. The monoisotopic (exact) mass is 394 g/mol. The highest BCUT2D eigenvalue weighted by molar-refractivity contribution is 6.78.